The van der Waals surface area contributed by atoms with Crippen LogP contribution in [0, 0.1) is 0 Å². The molecule has 148 valence electrons. The highest BCUT2D eigenvalue weighted by atomic mass is 32.1. The topological polar surface area (TPSA) is 97.3 Å². The lowest BCUT2D eigenvalue weighted by molar-refractivity contribution is 0.0732. The lowest BCUT2D eigenvalue weighted by Crippen LogP contribution is -2.31. The molecule has 3 aromatic heterocycles. The van der Waals surface area contributed by atoms with Crippen molar-refractivity contribution in [2.45, 2.75) is 18.9 Å². The average Bonchev–Trinajstić information content (AvgIpc) is 3.45. The van der Waals surface area contributed by atoms with Gasteiger partial charge in [0.2, 0.25) is 5.88 Å². The van der Waals surface area contributed by atoms with Crippen LogP contribution in [0.3, 0.4) is 0 Å². The molecular formula is C20H19N5O3S. The van der Waals surface area contributed by atoms with Gasteiger partial charge in [-0.2, -0.15) is 0 Å². The Balaban J connectivity index is 1.48. The molecule has 1 aliphatic rings. The number of carbonyl (C=O) groups is 2. The van der Waals surface area contributed by atoms with Crippen molar-refractivity contribution in [3.63, 3.8) is 0 Å². The first kappa shape index (κ1) is 19.0. The van der Waals surface area contributed by atoms with Crippen molar-refractivity contribution in [3.05, 3.63) is 65.1 Å². The Morgan fingerprint density at radius 3 is 2.62 bits per heavy atom. The standard InChI is InChI=1S/C20H19N5O3S/c1-28-17-7-5-14(12-23-17)19(27)25-9-2-3-16(25)15-6-4-13(11-22-15)18(26)24-20-21-8-10-29-20/h4-8,10-12,16H,2-3,9H2,1H3,(H,21,24,26)/t16-/m0/s1. The summed E-state index contributed by atoms with van der Waals surface area (Å²) in [5.41, 5.74) is 1.72. The number of pyridine rings is 2. The molecule has 0 saturated carbocycles. The molecule has 0 spiro atoms. The van der Waals surface area contributed by atoms with Crippen LogP contribution in [0.15, 0.2) is 48.2 Å². The summed E-state index contributed by atoms with van der Waals surface area (Å²) < 4.78 is 5.05. The molecule has 1 atom stereocenters. The molecule has 1 N–H and O–H groups in total. The molecule has 9 heteroatoms. The number of hydrogen-bond acceptors (Lipinski definition) is 7. The first-order chi connectivity index (χ1) is 14.2. The van der Waals surface area contributed by atoms with Crippen LogP contribution in [-0.2, 0) is 0 Å². The highest BCUT2D eigenvalue weighted by Crippen LogP contribution is 2.32. The molecule has 4 rings (SSSR count). The van der Waals surface area contributed by atoms with E-state index in [9.17, 15) is 9.59 Å². The van der Waals surface area contributed by atoms with E-state index in [1.165, 1.54) is 30.8 Å². The van der Waals surface area contributed by atoms with Crippen LogP contribution in [0.25, 0.3) is 0 Å². The number of amides is 2. The number of ether oxygens (including phenoxy) is 1. The Bertz CT molecular complexity index is 990. The van der Waals surface area contributed by atoms with E-state index in [1.807, 2.05) is 0 Å². The Morgan fingerprint density at radius 1 is 1.14 bits per heavy atom. The van der Waals surface area contributed by atoms with Crippen LogP contribution in [0.5, 0.6) is 5.88 Å². The zero-order valence-corrected chi connectivity index (χ0v) is 16.6. The van der Waals surface area contributed by atoms with Gasteiger partial charge in [0.05, 0.1) is 30.0 Å². The van der Waals surface area contributed by atoms with Crippen molar-refractivity contribution < 1.29 is 14.3 Å². The molecule has 1 fully saturated rings. The second-order valence-electron chi connectivity index (χ2n) is 6.51. The van der Waals surface area contributed by atoms with Crippen LogP contribution in [0.2, 0.25) is 0 Å². The van der Waals surface area contributed by atoms with E-state index < -0.39 is 0 Å². The molecule has 1 aliphatic heterocycles. The van der Waals surface area contributed by atoms with E-state index in [4.69, 9.17) is 4.74 Å². The molecule has 8 nitrogen and oxygen atoms in total. The number of hydrogen-bond donors (Lipinski definition) is 1. The van der Waals surface area contributed by atoms with Gasteiger partial charge >= 0.3 is 0 Å². The number of rotatable bonds is 5. The minimum atomic E-state index is -0.261. The van der Waals surface area contributed by atoms with Gasteiger partial charge in [-0.05, 0) is 31.0 Å². The van der Waals surface area contributed by atoms with Gasteiger partial charge in [-0.25, -0.2) is 9.97 Å². The highest BCUT2D eigenvalue weighted by Gasteiger charge is 2.31. The Kier molecular flexibility index (Phi) is 5.48. The fourth-order valence-corrected chi connectivity index (χ4v) is 3.83. The number of likely N-dealkylation sites (tertiary alicyclic amines) is 1. The van der Waals surface area contributed by atoms with Gasteiger partial charge in [-0.1, -0.05) is 0 Å². The molecule has 2 amide bonds. The molecule has 0 radical (unpaired) electrons. The van der Waals surface area contributed by atoms with Crippen LogP contribution in [-0.4, -0.2) is 45.3 Å². The number of aromatic nitrogens is 3. The van der Waals surface area contributed by atoms with Gasteiger partial charge in [0, 0.05) is 36.6 Å². The quantitative estimate of drug-likeness (QED) is 0.695. The van der Waals surface area contributed by atoms with Crippen LogP contribution in [0.4, 0.5) is 5.13 Å². The first-order valence-corrected chi connectivity index (χ1v) is 10.0. The minimum Gasteiger partial charge on any atom is -0.481 e. The van der Waals surface area contributed by atoms with Crippen LogP contribution in [0.1, 0.15) is 45.3 Å². The largest absolute Gasteiger partial charge is 0.481 e. The summed E-state index contributed by atoms with van der Waals surface area (Å²) in [6.45, 7) is 0.656. The molecule has 29 heavy (non-hydrogen) atoms. The highest BCUT2D eigenvalue weighted by molar-refractivity contribution is 7.13. The maximum atomic E-state index is 12.9. The summed E-state index contributed by atoms with van der Waals surface area (Å²) >= 11 is 1.35. The first-order valence-electron chi connectivity index (χ1n) is 9.13. The van der Waals surface area contributed by atoms with Crippen molar-refractivity contribution >= 4 is 28.3 Å². The van der Waals surface area contributed by atoms with Crippen molar-refractivity contribution in [1.82, 2.24) is 19.9 Å². The number of carbonyl (C=O) groups excluding carboxylic acids is 2. The number of nitrogens with one attached hydrogen (secondary N) is 1. The number of thiazole rings is 1. The number of anilines is 1. The summed E-state index contributed by atoms with van der Waals surface area (Å²) in [7, 11) is 1.53. The minimum absolute atomic E-state index is 0.0879. The van der Waals surface area contributed by atoms with Gasteiger partial charge in [-0.3, -0.25) is 19.9 Å². The second-order valence-corrected chi connectivity index (χ2v) is 7.40. The van der Waals surface area contributed by atoms with Crippen LogP contribution < -0.4 is 10.1 Å². The van der Waals surface area contributed by atoms with E-state index in [0.29, 0.717) is 28.7 Å². The molecule has 0 aromatic carbocycles. The SMILES string of the molecule is COc1ccc(C(=O)N2CCC[C@H]2c2ccc(C(=O)Nc3nccs3)cn2)cn1. The van der Waals surface area contributed by atoms with Crippen LogP contribution >= 0.6 is 11.3 Å². The lowest BCUT2D eigenvalue weighted by Gasteiger charge is -2.24. The number of methoxy groups -OCH3 is 1. The molecule has 3 aromatic rings. The molecular weight excluding hydrogens is 390 g/mol. The third-order valence-electron chi connectivity index (χ3n) is 4.75. The molecule has 0 aliphatic carbocycles. The monoisotopic (exact) mass is 409 g/mol. The molecule has 1 saturated heterocycles. The predicted molar refractivity (Wildman–Crippen MR) is 108 cm³/mol. The maximum Gasteiger partial charge on any atom is 0.259 e. The zero-order chi connectivity index (χ0) is 20.2. The predicted octanol–water partition coefficient (Wildman–Crippen LogP) is 3.17. The average molecular weight is 409 g/mol. The van der Waals surface area contributed by atoms with Gasteiger partial charge < -0.3 is 9.64 Å². The summed E-state index contributed by atoms with van der Waals surface area (Å²) in [5, 5.41) is 5.07. The zero-order valence-electron chi connectivity index (χ0n) is 15.7. The third kappa shape index (κ3) is 4.09. The van der Waals surface area contributed by atoms with E-state index >= 15 is 0 Å². The fourth-order valence-electron chi connectivity index (χ4n) is 3.30. The van der Waals surface area contributed by atoms with Gasteiger partial charge in [0.25, 0.3) is 11.8 Å². The van der Waals surface area contributed by atoms with Gasteiger partial charge in [-0.15, -0.1) is 11.3 Å². The van der Waals surface area contributed by atoms with Crippen molar-refractivity contribution in [2.24, 2.45) is 0 Å². The molecule has 0 bridgehead atoms. The fraction of sp³-hybridized carbons (Fsp3) is 0.250. The Morgan fingerprint density at radius 2 is 1.97 bits per heavy atom. The van der Waals surface area contributed by atoms with Crippen molar-refractivity contribution in [2.75, 3.05) is 19.0 Å². The van der Waals surface area contributed by atoms with Gasteiger partial charge in [0.15, 0.2) is 5.13 Å². The van der Waals surface area contributed by atoms with Crippen molar-refractivity contribution in [1.29, 1.82) is 0 Å². The summed E-state index contributed by atoms with van der Waals surface area (Å²) in [6.07, 6.45) is 6.41. The third-order valence-corrected chi connectivity index (χ3v) is 5.44. The smallest absolute Gasteiger partial charge is 0.259 e. The van der Waals surface area contributed by atoms with E-state index in [0.717, 1.165) is 18.5 Å². The maximum absolute atomic E-state index is 12.9. The van der Waals surface area contributed by atoms with Gasteiger partial charge in [0.1, 0.15) is 0 Å². The Labute approximate surface area is 171 Å². The van der Waals surface area contributed by atoms with Crippen molar-refractivity contribution in [3.8, 4) is 5.88 Å². The molecule has 0 unspecified atom stereocenters. The van der Waals surface area contributed by atoms with E-state index in [1.54, 1.807) is 40.7 Å². The lowest BCUT2D eigenvalue weighted by atomic mass is 10.1. The second kappa shape index (κ2) is 8.36. The summed E-state index contributed by atoms with van der Waals surface area (Å²) in [5.74, 6) is 0.116. The molecule has 4 heterocycles. The van der Waals surface area contributed by atoms with E-state index in [2.05, 4.69) is 20.3 Å². The summed E-state index contributed by atoms with van der Waals surface area (Å²) in [6, 6.07) is 6.79. The van der Waals surface area contributed by atoms with E-state index in [-0.39, 0.29) is 17.9 Å². The summed E-state index contributed by atoms with van der Waals surface area (Å²) in [4.78, 5) is 39.6. The number of nitrogens with zero attached hydrogens (tertiary/aromatic N) is 4. The normalized spacial score (nSPS) is 15.9. The Hall–Kier alpha value is -3.33.